The third-order valence-electron chi connectivity index (χ3n) is 7.44. The first kappa shape index (κ1) is 24.2. The molecule has 0 N–H and O–H groups in total. The molecule has 1 amide bonds. The van der Waals surface area contributed by atoms with Crippen molar-refractivity contribution in [3.05, 3.63) is 69.8 Å². The predicted molar refractivity (Wildman–Crippen MR) is 132 cm³/mol. The van der Waals surface area contributed by atoms with Gasteiger partial charge in [-0.1, -0.05) is 43.5 Å². The van der Waals surface area contributed by atoms with Crippen molar-refractivity contribution in [3.63, 3.8) is 0 Å². The lowest BCUT2D eigenvalue weighted by Crippen LogP contribution is -2.44. The van der Waals surface area contributed by atoms with Gasteiger partial charge in [-0.3, -0.25) is 19.8 Å². The monoisotopic (exact) mass is 465 g/mol. The lowest BCUT2D eigenvalue weighted by molar-refractivity contribution is -0.384. The molecule has 0 bridgehead atoms. The number of methoxy groups -OCH3 is 1. The fourth-order valence-electron chi connectivity index (χ4n) is 5.69. The first-order valence-corrected chi connectivity index (χ1v) is 12.3. The minimum atomic E-state index is -0.365. The van der Waals surface area contributed by atoms with Crippen molar-refractivity contribution < 1.29 is 14.5 Å². The molecule has 2 fully saturated rings. The molecular formula is C27H35N3O4. The fraction of sp³-hybridized carbons (Fsp3) is 0.519. The highest BCUT2D eigenvalue weighted by Crippen LogP contribution is 2.37. The molecule has 0 spiro atoms. The number of carbonyl (C=O) groups is 1. The summed E-state index contributed by atoms with van der Waals surface area (Å²) < 4.78 is 5.48. The summed E-state index contributed by atoms with van der Waals surface area (Å²) in [6.07, 6.45) is 5.86. The molecule has 4 rings (SSSR count). The number of non-ortho nitro benzene ring substituents is 1. The lowest BCUT2D eigenvalue weighted by Gasteiger charge is -2.36. The number of rotatable bonds is 8. The van der Waals surface area contributed by atoms with Gasteiger partial charge in [-0.15, -0.1) is 0 Å². The molecule has 7 heteroatoms. The number of nitrogens with zero attached hydrogens (tertiary/aromatic N) is 3. The molecule has 0 radical (unpaired) electrons. The summed E-state index contributed by atoms with van der Waals surface area (Å²) in [5.41, 5.74) is 2.41. The summed E-state index contributed by atoms with van der Waals surface area (Å²) in [5.74, 6) is 1.63. The van der Waals surface area contributed by atoms with Crippen molar-refractivity contribution in [2.24, 2.45) is 5.92 Å². The Hall–Kier alpha value is -2.93. The Bertz CT molecular complexity index is 988. The molecule has 2 aliphatic rings. The Morgan fingerprint density at radius 2 is 1.85 bits per heavy atom. The molecule has 34 heavy (non-hydrogen) atoms. The zero-order valence-corrected chi connectivity index (χ0v) is 20.2. The first-order valence-electron chi connectivity index (χ1n) is 12.3. The van der Waals surface area contributed by atoms with Crippen LogP contribution in [-0.2, 0) is 11.3 Å². The zero-order valence-electron chi connectivity index (χ0n) is 20.2. The van der Waals surface area contributed by atoms with Gasteiger partial charge in [0.2, 0.25) is 5.91 Å². The summed E-state index contributed by atoms with van der Waals surface area (Å²) >= 11 is 0. The molecule has 2 aromatic rings. The van der Waals surface area contributed by atoms with E-state index in [0.29, 0.717) is 17.9 Å². The largest absolute Gasteiger partial charge is 0.497 e. The first-order chi connectivity index (χ1) is 16.4. The van der Waals surface area contributed by atoms with Crippen LogP contribution in [0.25, 0.3) is 0 Å². The summed E-state index contributed by atoms with van der Waals surface area (Å²) in [6.45, 7) is 4.97. The van der Waals surface area contributed by atoms with Crippen molar-refractivity contribution in [1.82, 2.24) is 9.80 Å². The van der Waals surface area contributed by atoms with Gasteiger partial charge in [-0.25, -0.2) is 0 Å². The summed E-state index contributed by atoms with van der Waals surface area (Å²) in [6, 6.07) is 15.5. The molecule has 1 saturated heterocycles. The van der Waals surface area contributed by atoms with E-state index in [1.54, 1.807) is 26.2 Å². The maximum atomic E-state index is 12.7. The fourth-order valence-corrected chi connectivity index (χ4v) is 5.69. The maximum absolute atomic E-state index is 12.7. The van der Waals surface area contributed by atoms with E-state index in [9.17, 15) is 14.9 Å². The van der Waals surface area contributed by atoms with Gasteiger partial charge in [-0.2, -0.15) is 0 Å². The van der Waals surface area contributed by atoms with Gasteiger partial charge < -0.3 is 9.64 Å². The van der Waals surface area contributed by atoms with E-state index in [0.717, 1.165) is 50.3 Å². The Morgan fingerprint density at radius 1 is 1.12 bits per heavy atom. The molecule has 7 nitrogen and oxygen atoms in total. The number of ether oxygens (including phenoxy) is 1. The van der Waals surface area contributed by atoms with E-state index >= 15 is 0 Å². The topological polar surface area (TPSA) is 75.9 Å². The van der Waals surface area contributed by atoms with E-state index in [4.69, 9.17) is 4.74 Å². The number of likely N-dealkylation sites (tertiary alicyclic amines) is 1. The molecule has 1 aliphatic heterocycles. The summed E-state index contributed by atoms with van der Waals surface area (Å²) in [5, 5.41) is 11.0. The van der Waals surface area contributed by atoms with Crippen molar-refractivity contribution in [2.45, 2.75) is 57.5 Å². The molecule has 0 aromatic heterocycles. The predicted octanol–water partition coefficient (Wildman–Crippen LogP) is 5.00. The van der Waals surface area contributed by atoms with Gasteiger partial charge in [0.1, 0.15) is 5.75 Å². The van der Waals surface area contributed by atoms with E-state index in [1.165, 1.54) is 24.8 Å². The number of hydrogen-bond acceptors (Lipinski definition) is 5. The number of carbonyl (C=O) groups excluding carboxylic acids is 1. The van der Waals surface area contributed by atoms with E-state index in [-0.39, 0.29) is 16.5 Å². The average molecular weight is 466 g/mol. The van der Waals surface area contributed by atoms with Gasteiger partial charge in [0.15, 0.2) is 0 Å². The highest BCUT2D eigenvalue weighted by atomic mass is 16.6. The molecular weight excluding hydrogens is 430 g/mol. The van der Waals surface area contributed by atoms with Crippen molar-refractivity contribution in [3.8, 4) is 5.75 Å². The summed E-state index contributed by atoms with van der Waals surface area (Å²) in [4.78, 5) is 27.8. The van der Waals surface area contributed by atoms with Crippen LogP contribution in [0.1, 0.15) is 56.1 Å². The average Bonchev–Trinajstić information content (AvgIpc) is 3.25. The molecule has 2 atom stereocenters. The van der Waals surface area contributed by atoms with Crippen molar-refractivity contribution in [1.29, 1.82) is 0 Å². The number of nitro groups is 1. The van der Waals surface area contributed by atoms with Crippen LogP contribution in [0.3, 0.4) is 0 Å². The van der Waals surface area contributed by atoms with Crippen molar-refractivity contribution in [2.75, 3.05) is 26.7 Å². The van der Waals surface area contributed by atoms with Gasteiger partial charge >= 0.3 is 0 Å². The van der Waals surface area contributed by atoms with Crippen LogP contribution >= 0.6 is 0 Å². The number of hydrogen-bond donors (Lipinski definition) is 0. The van der Waals surface area contributed by atoms with Crippen LogP contribution in [-0.4, -0.2) is 53.4 Å². The van der Waals surface area contributed by atoms with Crippen LogP contribution in [0.15, 0.2) is 48.5 Å². The van der Waals surface area contributed by atoms with Crippen LogP contribution in [0.2, 0.25) is 0 Å². The normalized spacial score (nSPS) is 21.4. The number of benzene rings is 2. The third-order valence-corrected chi connectivity index (χ3v) is 7.44. The standard InChI is InChI=1S/C27H35N3O4/c1-20(31)29(24-8-4-3-5-9-24)18-23-17-28(16-21-11-13-25(14-12-21)30(32)33)19-27(23)22-7-6-10-26(15-22)34-2/h6-7,10-15,23-24,27H,3-5,8-9,16-19H2,1-2H3/t23-,27-/m0/s1. The molecule has 182 valence electrons. The van der Waals surface area contributed by atoms with E-state index < -0.39 is 0 Å². The molecule has 1 aliphatic carbocycles. The smallest absolute Gasteiger partial charge is 0.269 e. The van der Waals surface area contributed by atoms with Crippen LogP contribution in [0.5, 0.6) is 5.75 Å². The third kappa shape index (κ3) is 5.76. The number of nitro benzene ring substituents is 1. The Labute approximate surface area is 201 Å². The maximum Gasteiger partial charge on any atom is 0.269 e. The molecule has 2 aromatic carbocycles. The number of amides is 1. The SMILES string of the molecule is COc1cccc([C@@H]2CN(Cc3ccc([N+](=O)[O-])cc3)C[C@H]2CN(C(C)=O)C2CCCCC2)c1. The second-order valence-electron chi connectivity index (χ2n) is 9.72. The minimum Gasteiger partial charge on any atom is -0.497 e. The quantitative estimate of drug-likeness (QED) is 0.405. The highest BCUT2D eigenvalue weighted by molar-refractivity contribution is 5.73. The molecule has 1 heterocycles. The van der Waals surface area contributed by atoms with Crippen LogP contribution in [0, 0.1) is 16.0 Å². The minimum absolute atomic E-state index is 0.113. The van der Waals surface area contributed by atoms with Gasteiger partial charge in [0.25, 0.3) is 5.69 Å². The van der Waals surface area contributed by atoms with E-state index in [1.807, 2.05) is 24.3 Å². The van der Waals surface area contributed by atoms with Gasteiger partial charge in [0, 0.05) is 57.2 Å². The van der Waals surface area contributed by atoms with Gasteiger partial charge in [0.05, 0.1) is 12.0 Å². The second kappa shape index (κ2) is 11.0. The Kier molecular flexibility index (Phi) is 7.83. The Balaban J connectivity index is 1.54. The lowest BCUT2D eigenvalue weighted by atomic mass is 9.87. The van der Waals surface area contributed by atoms with Gasteiger partial charge in [-0.05, 0) is 42.0 Å². The van der Waals surface area contributed by atoms with Crippen LogP contribution in [0.4, 0.5) is 5.69 Å². The molecule has 0 unspecified atom stereocenters. The highest BCUT2D eigenvalue weighted by Gasteiger charge is 2.37. The zero-order chi connectivity index (χ0) is 24.1. The second-order valence-corrected chi connectivity index (χ2v) is 9.72. The van der Waals surface area contributed by atoms with E-state index in [2.05, 4.69) is 21.9 Å². The summed E-state index contributed by atoms with van der Waals surface area (Å²) in [7, 11) is 1.69. The van der Waals surface area contributed by atoms with Crippen LogP contribution < -0.4 is 4.74 Å². The molecule has 1 saturated carbocycles. The van der Waals surface area contributed by atoms with Crippen molar-refractivity contribution >= 4 is 11.6 Å². The Morgan fingerprint density at radius 3 is 2.50 bits per heavy atom.